The van der Waals surface area contributed by atoms with Crippen molar-refractivity contribution in [3.8, 4) is 0 Å². The number of hydrogen-bond donors (Lipinski definition) is 1. The molecule has 0 aliphatic rings. The van der Waals surface area contributed by atoms with E-state index < -0.39 is 0 Å². The standard InChI is InChI=1S/C13H10BrNOS/c14-17-11-8-4-7-10(12(11)15)13(16)9-5-2-1-3-6-9/h1-8H,15H2. The predicted octanol–water partition coefficient (Wildman–Crippen LogP) is 3.90. The van der Waals surface area contributed by atoms with E-state index in [1.54, 1.807) is 18.2 Å². The third-order valence-electron chi connectivity index (χ3n) is 2.43. The molecule has 0 bridgehead atoms. The third kappa shape index (κ3) is 2.53. The van der Waals surface area contributed by atoms with Gasteiger partial charge in [-0.1, -0.05) is 36.4 Å². The Bertz CT molecular complexity index is 542. The Kier molecular flexibility index (Phi) is 3.86. The van der Waals surface area contributed by atoms with Crippen LogP contribution in [-0.4, -0.2) is 5.78 Å². The molecule has 0 aromatic heterocycles. The maximum Gasteiger partial charge on any atom is 0.195 e. The number of anilines is 1. The van der Waals surface area contributed by atoms with E-state index in [0.29, 0.717) is 16.8 Å². The van der Waals surface area contributed by atoms with E-state index >= 15 is 0 Å². The van der Waals surface area contributed by atoms with Crippen molar-refractivity contribution in [2.24, 2.45) is 0 Å². The van der Waals surface area contributed by atoms with Crippen molar-refractivity contribution in [3.63, 3.8) is 0 Å². The summed E-state index contributed by atoms with van der Waals surface area (Å²) in [6.45, 7) is 0. The Hall–Kier alpha value is -1.26. The molecule has 2 aromatic carbocycles. The SMILES string of the molecule is Nc1c(SBr)cccc1C(=O)c1ccccc1. The lowest BCUT2D eigenvalue weighted by Gasteiger charge is -2.07. The van der Waals surface area contributed by atoms with Crippen LogP contribution >= 0.6 is 25.0 Å². The van der Waals surface area contributed by atoms with Crippen LogP contribution in [0.3, 0.4) is 0 Å². The summed E-state index contributed by atoms with van der Waals surface area (Å²) in [5.41, 5.74) is 7.67. The molecule has 4 heteroatoms. The molecule has 2 aromatic rings. The molecule has 0 aliphatic heterocycles. The largest absolute Gasteiger partial charge is 0.397 e. The van der Waals surface area contributed by atoms with Crippen molar-refractivity contribution < 1.29 is 4.79 Å². The first-order valence-electron chi connectivity index (χ1n) is 5.01. The summed E-state index contributed by atoms with van der Waals surface area (Å²) >= 11 is 3.27. The Morgan fingerprint density at radius 1 is 1.06 bits per heavy atom. The van der Waals surface area contributed by atoms with Gasteiger partial charge < -0.3 is 5.73 Å². The highest BCUT2D eigenvalue weighted by atomic mass is 79.9. The molecule has 86 valence electrons. The molecule has 0 unspecified atom stereocenters. The summed E-state index contributed by atoms with van der Waals surface area (Å²) in [5.74, 6) is -0.0495. The number of nitrogen functional groups attached to an aromatic ring is 1. The van der Waals surface area contributed by atoms with Gasteiger partial charge in [0.25, 0.3) is 0 Å². The van der Waals surface area contributed by atoms with Gasteiger partial charge in [-0.05, 0) is 37.1 Å². The summed E-state index contributed by atoms with van der Waals surface area (Å²) in [6, 6.07) is 14.6. The molecule has 0 radical (unpaired) electrons. The van der Waals surface area contributed by atoms with Gasteiger partial charge in [0.2, 0.25) is 0 Å². The van der Waals surface area contributed by atoms with Gasteiger partial charge in [-0.25, -0.2) is 0 Å². The Morgan fingerprint density at radius 2 is 1.76 bits per heavy atom. The predicted molar refractivity (Wildman–Crippen MR) is 75.5 cm³/mol. The summed E-state index contributed by atoms with van der Waals surface area (Å²) in [5, 5.41) is 0. The maximum atomic E-state index is 12.2. The number of carbonyl (C=O) groups excluding carboxylic acids is 1. The van der Waals surface area contributed by atoms with Crippen molar-refractivity contribution >= 4 is 36.5 Å². The molecule has 0 amide bonds. The second-order valence-corrected chi connectivity index (χ2v) is 5.06. The molecule has 0 aliphatic carbocycles. The molecule has 2 nitrogen and oxygen atoms in total. The van der Waals surface area contributed by atoms with E-state index in [-0.39, 0.29) is 5.78 Å². The van der Waals surface area contributed by atoms with Crippen LogP contribution < -0.4 is 5.73 Å². The smallest absolute Gasteiger partial charge is 0.195 e. The number of rotatable bonds is 3. The number of carbonyl (C=O) groups is 1. The quantitative estimate of drug-likeness (QED) is 0.691. The first-order chi connectivity index (χ1) is 8.24. The summed E-state index contributed by atoms with van der Waals surface area (Å²) in [4.78, 5) is 13.1. The van der Waals surface area contributed by atoms with Gasteiger partial charge in [0.1, 0.15) is 0 Å². The highest BCUT2D eigenvalue weighted by Crippen LogP contribution is 2.32. The number of halogens is 1. The van der Waals surface area contributed by atoms with Crippen LogP contribution in [0.2, 0.25) is 0 Å². The van der Waals surface area contributed by atoms with E-state index in [9.17, 15) is 4.79 Å². The number of para-hydroxylation sites is 1. The molecule has 17 heavy (non-hydrogen) atoms. The normalized spacial score (nSPS) is 10.2. The van der Waals surface area contributed by atoms with Crippen molar-refractivity contribution in [1.82, 2.24) is 0 Å². The van der Waals surface area contributed by atoms with Crippen LogP contribution in [0.15, 0.2) is 53.4 Å². The lowest BCUT2D eigenvalue weighted by molar-refractivity contribution is 0.103. The molecule has 0 saturated heterocycles. The Morgan fingerprint density at radius 3 is 2.41 bits per heavy atom. The number of ketones is 1. The fourth-order valence-electron chi connectivity index (χ4n) is 1.55. The van der Waals surface area contributed by atoms with Crippen LogP contribution in [0, 0.1) is 0 Å². The zero-order chi connectivity index (χ0) is 12.3. The second-order valence-electron chi connectivity index (χ2n) is 3.49. The monoisotopic (exact) mass is 307 g/mol. The summed E-state index contributed by atoms with van der Waals surface area (Å²) in [7, 11) is 1.36. The van der Waals surface area contributed by atoms with Crippen LogP contribution in [-0.2, 0) is 0 Å². The third-order valence-corrected chi connectivity index (χ3v) is 4.00. The molecule has 2 N–H and O–H groups in total. The molecule has 0 fully saturated rings. The second kappa shape index (κ2) is 5.38. The zero-order valence-electron chi connectivity index (χ0n) is 8.89. The number of hydrogen-bond acceptors (Lipinski definition) is 3. The van der Waals surface area contributed by atoms with Gasteiger partial charge in [0.05, 0.1) is 5.69 Å². The fourth-order valence-corrected chi connectivity index (χ4v) is 2.72. The van der Waals surface area contributed by atoms with Gasteiger partial charge in [-0.2, -0.15) is 0 Å². The highest BCUT2D eigenvalue weighted by molar-refractivity contribution is 9.50. The zero-order valence-corrected chi connectivity index (χ0v) is 11.3. The topological polar surface area (TPSA) is 43.1 Å². The van der Waals surface area contributed by atoms with Crippen LogP contribution in [0.5, 0.6) is 0 Å². The molecule has 0 heterocycles. The van der Waals surface area contributed by atoms with E-state index in [1.807, 2.05) is 30.3 Å². The Balaban J connectivity index is 2.45. The Labute approximate surface area is 111 Å². The van der Waals surface area contributed by atoms with Crippen molar-refractivity contribution in [1.29, 1.82) is 0 Å². The minimum Gasteiger partial charge on any atom is -0.397 e. The summed E-state index contributed by atoms with van der Waals surface area (Å²) in [6.07, 6.45) is 0. The first-order valence-corrected chi connectivity index (χ1v) is 7.67. The molecule has 0 spiro atoms. The lowest BCUT2D eigenvalue weighted by atomic mass is 10.0. The van der Waals surface area contributed by atoms with Gasteiger partial charge in [-0.3, -0.25) is 4.79 Å². The lowest BCUT2D eigenvalue weighted by Crippen LogP contribution is -2.05. The molecular weight excluding hydrogens is 298 g/mol. The maximum absolute atomic E-state index is 12.2. The average Bonchev–Trinajstić information content (AvgIpc) is 2.39. The summed E-state index contributed by atoms with van der Waals surface area (Å²) < 4.78 is 0. The van der Waals surface area contributed by atoms with Crippen LogP contribution in [0.4, 0.5) is 5.69 Å². The molecular formula is C13H10BrNOS. The number of benzene rings is 2. The highest BCUT2D eigenvalue weighted by Gasteiger charge is 2.13. The van der Waals surface area contributed by atoms with Gasteiger partial charge in [-0.15, -0.1) is 0 Å². The number of nitrogens with two attached hydrogens (primary N) is 1. The van der Waals surface area contributed by atoms with Crippen LogP contribution in [0.25, 0.3) is 0 Å². The van der Waals surface area contributed by atoms with Crippen molar-refractivity contribution in [2.45, 2.75) is 4.90 Å². The van der Waals surface area contributed by atoms with Crippen molar-refractivity contribution in [3.05, 3.63) is 59.7 Å². The van der Waals surface area contributed by atoms with E-state index in [1.165, 1.54) is 10.2 Å². The fraction of sp³-hybridized carbons (Fsp3) is 0. The average molecular weight is 308 g/mol. The molecule has 2 rings (SSSR count). The first kappa shape index (κ1) is 12.2. The van der Waals surface area contributed by atoms with Gasteiger partial charge in [0.15, 0.2) is 5.78 Å². The van der Waals surface area contributed by atoms with Gasteiger partial charge in [0, 0.05) is 16.0 Å². The minimum absolute atomic E-state index is 0.0495. The van der Waals surface area contributed by atoms with E-state index in [0.717, 1.165) is 4.90 Å². The van der Waals surface area contributed by atoms with Crippen molar-refractivity contribution in [2.75, 3.05) is 5.73 Å². The minimum atomic E-state index is -0.0495. The van der Waals surface area contributed by atoms with Gasteiger partial charge >= 0.3 is 0 Å². The van der Waals surface area contributed by atoms with E-state index in [2.05, 4.69) is 14.8 Å². The molecule has 0 atom stereocenters. The van der Waals surface area contributed by atoms with Crippen LogP contribution in [0.1, 0.15) is 15.9 Å². The van der Waals surface area contributed by atoms with E-state index in [4.69, 9.17) is 5.73 Å². The molecule has 0 saturated carbocycles.